The summed E-state index contributed by atoms with van der Waals surface area (Å²) in [5, 5.41) is 31.5. The molecule has 3 rings (SSSR count). The second kappa shape index (κ2) is 9.35. The molecule has 8 heteroatoms. The lowest BCUT2D eigenvalue weighted by molar-refractivity contribution is 0.126. The molecule has 0 saturated heterocycles. The molecule has 1 aromatic heterocycles. The minimum Gasteiger partial charge on any atom is -0.491 e. The van der Waals surface area contributed by atoms with E-state index in [1.54, 1.807) is 16.8 Å². The summed E-state index contributed by atoms with van der Waals surface area (Å²) in [5.41, 5.74) is 4.06. The van der Waals surface area contributed by atoms with Gasteiger partial charge in [-0.3, -0.25) is 0 Å². The summed E-state index contributed by atoms with van der Waals surface area (Å²) in [4.78, 5) is 0. The van der Waals surface area contributed by atoms with Crippen LogP contribution in [0.15, 0.2) is 47.6 Å². The van der Waals surface area contributed by atoms with Gasteiger partial charge in [-0.05, 0) is 59.2 Å². The molecular weight excluding hydrogens is 374 g/mol. The van der Waals surface area contributed by atoms with E-state index in [0.717, 1.165) is 22.4 Å². The lowest BCUT2D eigenvalue weighted by Crippen LogP contribution is -2.20. The van der Waals surface area contributed by atoms with Gasteiger partial charge in [0.05, 0.1) is 24.3 Å². The van der Waals surface area contributed by atoms with Gasteiger partial charge in [-0.25, -0.2) is 0 Å². The van der Waals surface area contributed by atoms with E-state index in [0.29, 0.717) is 23.1 Å². The Morgan fingerprint density at radius 1 is 1.21 bits per heavy atom. The summed E-state index contributed by atoms with van der Waals surface area (Å²) in [5.74, 6) is 1.06. The second-order valence-electron chi connectivity index (χ2n) is 6.42. The zero-order valence-electron chi connectivity index (χ0n) is 15.7. The molecule has 0 aliphatic rings. The molecule has 0 amide bonds. The van der Waals surface area contributed by atoms with Gasteiger partial charge >= 0.3 is 0 Å². The SMILES string of the molecule is Cc1ccc(C)c(-n2nnnc2SC[C@H](O)COc2ccc(CC#N)cc2)c1. The molecule has 0 spiro atoms. The van der Waals surface area contributed by atoms with Gasteiger partial charge in [-0.2, -0.15) is 9.94 Å². The van der Waals surface area contributed by atoms with Gasteiger partial charge in [0.1, 0.15) is 12.4 Å². The van der Waals surface area contributed by atoms with Crippen LogP contribution in [0.4, 0.5) is 0 Å². The molecule has 0 unspecified atom stereocenters. The Morgan fingerprint density at radius 2 is 2.00 bits per heavy atom. The molecule has 1 atom stereocenters. The summed E-state index contributed by atoms with van der Waals surface area (Å²) >= 11 is 1.38. The van der Waals surface area contributed by atoms with Gasteiger partial charge < -0.3 is 9.84 Å². The topological polar surface area (TPSA) is 96.8 Å². The Hall–Kier alpha value is -2.89. The van der Waals surface area contributed by atoms with Crippen LogP contribution in [0.1, 0.15) is 16.7 Å². The Bertz CT molecular complexity index is 965. The number of nitrogens with zero attached hydrogens (tertiary/aromatic N) is 5. The van der Waals surface area contributed by atoms with Crippen LogP contribution in [-0.2, 0) is 6.42 Å². The third-order valence-electron chi connectivity index (χ3n) is 4.09. The zero-order chi connectivity index (χ0) is 19.9. The number of aryl methyl sites for hydroxylation is 2. The normalized spacial score (nSPS) is 11.8. The van der Waals surface area contributed by atoms with Crippen LogP contribution >= 0.6 is 11.8 Å². The molecule has 0 aliphatic carbocycles. The second-order valence-corrected chi connectivity index (χ2v) is 7.41. The molecule has 0 aliphatic heterocycles. The quantitative estimate of drug-likeness (QED) is 0.586. The van der Waals surface area contributed by atoms with Crippen LogP contribution in [0.2, 0.25) is 0 Å². The fourth-order valence-corrected chi connectivity index (χ4v) is 3.36. The Morgan fingerprint density at radius 3 is 2.75 bits per heavy atom. The Kier molecular flexibility index (Phi) is 6.63. The van der Waals surface area contributed by atoms with Crippen LogP contribution < -0.4 is 4.74 Å². The first-order valence-electron chi connectivity index (χ1n) is 8.82. The highest BCUT2D eigenvalue weighted by Crippen LogP contribution is 2.22. The molecule has 0 fully saturated rings. The van der Waals surface area contributed by atoms with E-state index in [1.165, 1.54) is 11.8 Å². The minimum absolute atomic E-state index is 0.162. The Labute approximate surface area is 168 Å². The van der Waals surface area contributed by atoms with E-state index in [1.807, 2.05) is 44.2 Å². The first kappa shape index (κ1) is 19.9. The van der Waals surface area contributed by atoms with Gasteiger partial charge in [-0.15, -0.1) is 5.10 Å². The van der Waals surface area contributed by atoms with Crippen molar-refractivity contribution in [3.63, 3.8) is 0 Å². The van der Waals surface area contributed by atoms with Crippen molar-refractivity contribution >= 4 is 11.8 Å². The maximum Gasteiger partial charge on any atom is 0.214 e. The smallest absolute Gasteiger partial charge is 0.214 e. The first-order chi connectivity index (χ1) is 13.6. The van der Waals surface area contributed by atoms with Gasteiger partial charge in [0.15, 0.2) is 0 Å². The standard InChI is InChI=1S/C20H21N5O2S/c1-14-3-4-15(2)19(11-14)25-20(22-23-24-25)28-13-17(26)12-27-18-7-5-16(6-8-18)9-10-21/h3-8,11,17,26H,9,12-13H2,1-2H3/t17-/m1/s1. The molecule has 0 saturated carbocycles. The average Bonchev–Trinajstić information content (AvgIpc) is 3.16. The number of thioether (sulfide) groups is 1. The van der Waals surface area contributed by atoms with Crippen LogP contribution in [0.25, 0.3) is 5.69 Å². The number of ether oxygens (including phenoxy) is 1. The highest BCUT2D eigenvalue weighted by molar-refractivity contribution is 7.99. The highest BCUT2D eigenvalue weighted by Gasteiger charge is 2.14. The predicted molar refractivity (Wildman–Crippen MR) is 107 cm³/mol. The lowest BCUT2D eigenvalue weighted by atomic mass is 10.1. The molecule has 28 heavy (non-hydrogen) atoms. The minimum atomic E-state index is -0.674. The number of rotatable bonds is 8. The van der Waals surface area contributed by atoms with Gasteiger partial charge in [0.25, 0.3) is 0 Å². The van der Waals surface area contributed by atoms with Crippen LogP contribution in [0.3, 0.4) is 0 Å². The number of aromatic nitrogens is 4. The summed E-state index contributed by atoms with van der Waals surface area (Å²) in [6.45, 7) is 4.19. The maximum atomic E-state index is 10.2. The van der Waals surface area contributed by atoms with Crippen LogP contribution in [0.5, 0.6) is 5.75 Å². The number of hydrogen-bond donors (Lipinski definition) is 1. The monoisotopic (exact) mass is 395 g/mol. The van der Waals surface area contributed by atoms with E-state index >= 15 is 0 Å². The number of tetrazole rings is 1. The van der Waals surface area contributed by atoms with Crippen molar-refractivity contribution in [1.82, 2.24) is 20.2 Å². The molecule has 3 aromatic rings. The van der Waals surface area contributed by atoms with Crippen molar-refractivity contribution in [3.8, 4) is 17.5 Å². The van der Waals surface area contributed by atoms with Crippen molar-refractivity contribution in [2.24, 2.45) is 0 Å². The molecule has 1 heterocycles. The summed E-state index contributed by atoms with van der Waals surface area (Å²) in [6, 6.07) is 15.5. The third-order valence-corrected chi connectivity index (χ3v) is 5.15. The summed E-state index contributed by atoms with van der Waals surface area (Å²) in [6.07, 6.45) is -0.304. The van der Waals surface area contributed by atoms with E-state index in [-0.39, 0.29) is 6.61 Å². The molecule has 2 aromatic carbocycles. The van der Waals surface area contributed by atoms with E-state index in [4.69, 9.17) is 10.00 Å². The molecule has 0 radical (unpaired) electrons. The van der Waals surface area contributed by atoms with Gasteiger partial charge in [0, 0.05) is 5.75 Å². The number of benzene rings is 2. The van der Waals surface area contributed by atoms with Crippen molar-refractivity contribution in [2.45, 2.75) is 31.5 Å². The number of hydrogen-bond acceptors (Lipinski definition) is 7. The molecule has 7 nitrogen and oxygen atoms in total. The number of aliphatic hydroxyl groups excluding tert-OH is 1. The number of aliphatic hydroxyl groups is 1. The van der Waals surface area contributed by atoms with Crippen molar-refractivity contribution in [3.05, 3.63) is 59.2 Å². The average molecular weight is 395 g/mol. The van der Waals surface area contributed by atoms with Crippen molar-refractivity contribution in [2.75, 3.05) is 12.4 Å². The van der Waals surface area contributed by atoms with Crippen molar-refractivity contribution < 1.29 is 9.84 Å². The molecule has 0 bridgehead atoms. The lowest BCUT2D eigenvalue weighted by Gasteiger charge is -2.13. The van der Waals surface area contributed by atoms with Gasteiger partial charge in [0.2, 0.25) is 5.16 Å². The van der Waals surface area contributed by atoms with Crippen LogP contribution in [0, 0.1) is 25.2 Å². The first-order valence-corrected chi connectivity index (χ1v) is 9.81. The zero-order valence-corrected chi connectivity index (χ0v) is 16.6. The molecule has 144 valence electrons. The van der Waals surface area contributed by atoms with Crippen LogP contribution in [-0.4, -0.2) is 43.8 Å². The number of nitriles is 1. The molecule has 1 N–H and O–H groups in total. The van der Waals surface area contributed by atoms with E-state index in [2.05, 4.69) is 21.6 Å². The summed E-state index contributed by atoms with van der Waals surface area (Å²) < 4.78 is 7.30. The summed E-state index contributed by atoms with van der Waals surface area (Å²) in [7, 11) is 0. The maximum absolute atomic E-state index is 10.2. The van der Waals surface area contributed by atoms with E-state index < -0.39 is 6.10 Å². The highest BCUT2D eigenvalue weighted by atomic mass is 32.2. The predicted octanol–water partition coefficient (Wildman–Crippen LogP) is 2.88. The van der Waals surface area contributed by atoms with E-state index in [9.17, 15) is 5.11 Å². The fraction of sp³-hybridized carbons (Fsp3) is 0.300. The fourth-order valence-electron chi connectivity index (χ4n) is 2.57. The Balaban J connectivity index is 1.55. The third kappa shape index (κ3) is 5.09. The largest absolute Gasteiger partial charge is 0.491 e. The van der Waals surface area contributed by atoms with Crippen molar-refractivity contribution in [1.29, 1.82) is 5.26 Å². The molecular formula is C20H21N5O2S. The van der Waals surface area contributed by atoms with Gasteiger partial charge in [-0.1, -0.05) is 36.0 Å².